The predicted octanol–water partition coefficient (Wildman–Crippen LogP) is 4.59. The molecule has 0 bridgehead atoms. The van der Waals surface area contributed by atoms with E-state index in [-0.39, 0.29) is 11.7 Å². The number of aromatic hydroxyl groups is 1. The van der Waals surface area contributed by atoms with Gasteiger partial charge in [-0.15, -0.1) is 11.3 Å². The van der Waals surface area contributed by atoms with Gasteiger partial charge < -0.3 is 5.11 Å². The number of carbonyl (C=O) groups is 1. The molecule has 0 fully saturated rings. The normalized spacial score (nSPS) is 11.2. The standard InChI is InChI=1S/C18H15ClN2O2S/c1-2-11-7-8-13-15(9-11)24-17(16(13)19)18(23)21-20-10-12-5-3-4-6-14(12)22/h3-10,22H,2H2,1H3,(H,21,23)/b20-10+. The largest absolute Gasteiger partial charge is 0.507 e. The number of nitrogens with zero attached hydrogens (tertiary/aromatic N) is 1. The highest BCUT2D eigenvalue weighted by molar-refractivity contribution is 7.21. The van der Waals surface area contributed by atoms with Gasteiger partial charge in [0.25, 0.3) is 5.91 Å². The van der Waals surface area contributed by atoms with Gasteiger partial charge in [0.1, 0.15) is 10.6 Å². The molecule has 0 aliphatic rings. The second kappa shape index (κ2) is 7.03. The van der Waals surface area contributed by atoms with E-state index in [0.717, 1.165) is 16.5 Å². The van der Waals surface area contributed by atoms with Gasteiger partial charge in [-0.25, -0.2) is 5.43 Å². The van der Waals surface area contributed by atoms with Gasteiger partial charge in [-0.2, -0.15) is 5.10 Å². The minimum Gasteiger partial charge on any atom is -0.507 e. The van der Waals surface area contributed by atoms with Crippen LogP contribution in [0.25, 0.3) is 10.1 Å². The van der Waals surface area contributed by atoms with Crippen molar-refractivity contribution in [2.24, 2.45) is 5.10 Å². The van der Waals surface area contributed by atoms with Gasteiger partial charge in [0.15, 0.2) is 0 Å². The third-order valence-electron chi connectivity index (χ3n) is 3.61. The number of hydrogen-bond donors (Lipinski definition) is 2. The molecule has 1 aromatic heterocycles. The monoisotopic (exact) mass is 358 g/mol. The number of carbonyl (C=O) groups excluding carboxylic acids is 1. The molecule has 122 valence electrons. The third kappa shape index (κ3) is 3.27. The van der Waals surface area contributed by atoms with E-state index in [1.54, 1.807) is 24.3 Å². The number of benzene rings is 2. The molecule has 3 aromatic rings. The maximum absolute atomic E-state index is 12.3. The molecule has 1 amide bonds. The van der Waals surface area contributed by atoms with Crippen molar-refractivity contribution >= 4 is 45.1 Å². The molecule has 0 saturated carbocycles. The number of phenolic OH excluding ortho intramolecular Hbond substituents is 1. The minimum atomic E-state index is -0.370. The van der Waals surface area contributed by atoms with Crippen molar-refractivity contribution in [1.82, 2.24) is 5.43 Å². The van der Waals surface area contributed by atoms with Crippen LogP contribution in [0.15, 0.2) is 47.6 Å². The van der Waals surface area contributed by atoms with E-state index in [1.807, 2.05) is 18.2 Å². The molecule has 0 spiro atoms. The molecule has 0 aliphatic carbocycles. The fraction of sp³-hybridized carbons (Fsp3) is 0.111. The van der Waals surface area contributed by atoms with Crippen LogP contribution in [-0.2, 0) is 6.42 Å². The molecular weight excluding hydrogens is 344 g/mol. The lowest BCUT2D eigenvalue weighted by Gasteiger charge is -1.99. The first kappa shape index (κ1) is 16.5. The van der Waals surface area contributed by atoms with Gasteiger partial charge in [-0.05, 0) is 30.2 Å². The summed E-state index contributed by atoms with van der Waals surface area (Å²) in [5, 5.41) is 14.9. The Morgan fingerprint density at radius 3 is 2.88 bits per heavy atom. The van der Waals surface area contributed by atoms with Crippen LogP contribution in [0.1, 0.15) is 27.7 Å². The Balaban J connectivity index is 1.81. The lowest BCUT2D eigenvalue weighted by molar-refractivity contribution is 0.0959. The molecule has 3 rings (SSSR count). The van der Waals surface area contributed by atoms with Crippen LogP contribution >= 0.6 is 22.9 Å². The number of halogens is 1. The summed E-state index contributed by atoms with van der Waals surface area (Å²) in [7, 11) is 0. The molecule has 2 N–H and O–H groups in total. The van der Waals surface area contributed by atoms with E-state index >= 15 is 0 Å². The Labute approximate surface area is 148 Å². The Morgan fingerprint density at radius 1 is 1.33 bits per heavy atom. The number of hydrazone groups is 1. The van der Waals surface area contributed by atoms with Crippen LogP contribution < -0.4 is 5.43 Å². The molecule has 24 heavy (non-hydrogen) atoms. The molecule has 4 nitrogen and oxygen atoms in total. The van der Waals surface area contributed by atoms with Gasteiger partial charge in [0.2, 0.25) is 0 Å². The lowest BCUT2D eigenvalue weighted by Crippen LogP contribution is -2.16. The summed E-state index contributed by atoms with van der Waals surface area (Å²) in [5.74, 6) is -0.270. The van der Waals surface area contributed by atoms with Gasteiger partial charge >= 0.3 is 0 Å². The summed E-state index contributed by atoms with van der Waals surface area (Å²) in [6.45, 7) is 2.08. The second-order valence-electron chi connectivity index (χ2n) is 5.19. The van der Waals surface area contributed by atoms with Gasteiger partial charge in [0, 0.05) is 15.6 Å². The summed E-state index contributed by atoms with van der Waals surface area (Å²) in [6, 6.07) is 12.7. The zero-order valence-corrected chi connectivity index (χ0v) is 14.5. The third-order valence-corrected chi connectivity index (χ3v) is 5.27. The van der Waals surface area contributed by atoms with Crippen LogP contribution in [-0.4, -0.2) is 17.2 Å². The highest BCUT2D eigenvalue weighted by Gasteiger charge is 2.16. The van der Waals surface area contributed by atoms with E-state index in [4.69, 9.17) is 11.6 Å². The number of hydrogen-bond acceptors (Lipinski definition) is 4. The van der Waals surface area contributed by atoms with Crippen molar-refractivity contribution in [2.75, 3.05) is 0 Å². The average Bonchev–Trinajstić information content (AvgIpc) is 2.92. The fourth-order valence-corrected chi connectivity index (χ4v) is 3.75. The molecule has 0 unspecified atom stereocenters. The fourth-order valence-electron chi connectivity index (χ4n) is 2.28. The van der Waals surface area contributed by atoms with Crippen LogP contribution in [0, 0.1) is 0 Å². The first-order chi connectivity index (χ1) is 11.6. The lowest BCUT2D eigenvalue weighted by atomic mass is 10.1. The summed E-state index contributed by atoms with van der Waals surface area (Å²) >= 11 is 7.67. The van der Waals surface area contributed by atoms with Crippen LogP contribution in [0.5, 0.6) is 5.75 Å². The number of nitrogens with one attached hydrogen (secondary N) is 1. The average molecular weight is 359 g/mol. The van der Waals surface area contributed by atoms with Crippen molar-refractivity contribution in [2.45, 2.75) is 13.3 Å². The van der Waals surface area contributed by atoms with Crippen molar-refractivity contribution < 1.29 is 9.90 Å². The van der Waals surface area contributed by atoms with Crippen molar-refractivity contribution in [1.29, 1.82) is 0 Å². The number of phenols is 1. The quantitative estimate of drug-likeness (QED) is 0.529. The van der Waals surface area contributed by atoms with Crippen molar-refractivity contribution in [3.05, 3.63) is 63.5 Å². The first-order valence-corrected chi connectivity index (χ1v) is 8.62. The first-order valence-electron chi connectivity index (χ1n) is 7.42. The zero-order valence-electron chi connectivity index (χ0n) is 12.9. The Kier molecular flexibility index (Phi) is 4.83. The highest BCUT2D eigenvalue weighted by Crippen LogP contribution is 2.35. The number of aryl methyl sites for hydroxylation is 1. The van der Waals surface area contributed by atoms with Gasteiger partial charge in [0.05, 0.1) is 11.2 Å². The molecule has 0 atom stereocenters. The second-order valence-corrected chi connectivity index (χ2v) is 6.62. The maximum Gasteiger partial charge on any atom is 0.283 e. The van der Waals surface area contributed by atoms with E-state index in [2.05, 4.69) is 17.5 Å². The van der Waals surface area contributed by atoms with Crippen LogP contribution in [0.2, 0.25) is 5.02 Å². The highest BCUT2D eigenvalue weighted by atomic mass is 35.5. The Bertz CT molecular complexity index is 934. The minimum absolute atomic E-state index is 0.0995. The SMILES string of the molecule is CCc1ccc2c(Cl)c(C(=O)N/N=C/c3ccccc3O)sc2c1. The van der Waals surface area contributed by atoms with Gasteiger partial charge in [-0.3, -0.25) is 4.79 Å². The van der Waals surface area contributed by atoms with Gasteiger partial charge in [-0.1, -0.05) is 42.8 Å². The summed E-state index contributed by atoms with van der Waals surface area (Å²) in [6.07, 6.45) is 2.32. The number of rotatable bonds is 4. The molecule has 2 aromatic carbocycles. The summed E-state index contributed by atoms with van der Waals surface area (Å²) < 4.78 is 0.981. The van der Waals surface area contributed by atoms with E-state index < -0.39 is 0 Å². The number of para-hydroxylation sites is 1. The van der Waals surface area contributed by atoms with E-state index in [1.165, 1.54) is 23.1 Å². The zero-order chi connectivity index (χ0) is 17.1. The Hall–Kier alpha value is -2.37. The van der Waals surface area contributed by atoms with Crippen LogP contribution in [0.3, 0.4) is 0 Å². The summed E-state index contributed by atoms with van der Waals surface area (Å²) in [5.41, 5.74) is 4.17. The number of fused-ring (bicyclic) bond motifs is 1. The van der Waals surface area contributed by atoms with E-state index in [9.17, 15) is 9.90 Å². The topological polar surface area (TPSA) is 61.7 Å². The molecule has 0 radical (unpaired) electrons. The number of thiophene rings is 1. The Morgan fingerprint density at radius 2 is 2.12 bits per heavy atom. The maximum atomic E-state index is 12.3. The van der Waals surface area contributed by atoms with Crippen molar-refractivity contribution in [3.63, 3.8) is 0 Å². The number of amides is 1. The molecule has 6 heteroatoms. The molecule has 1 heterocycles. The smallest absolute Gasteiger partial charge is 0.283 e. The van der Waals surface area contributed by atoms with Crippen LogP contribution in [0.4, 0.5) is 0 Å². The molecular formula is C18H15ClN2O2S. The molecule has 0 aliphatic heterocycles. The van der Waals surface area contributed by atoms with E-state index in [0.29, 0.717) is 15.5 Å². The summed E-state index contributed by atoms with van der Waals surface area (Å²) in [4.78, 5) is 12.7. The predicted molar refractivity (Wildman–Crippen MR) is 99.4 cm³/mol. The molecule has 0 saturated heterocycles. The van der Waals surface area contributed by atoms with Crippen molar-refractivity contribution in [3.8, 4) is 5.75 Å².